The predicted octanol–water partition coefficient (Wildman–Crippen LogP) is 2.32. The van der Waals surface area contributed by atoms with Crippen LogP contribution in [0.1, 0.15) is 42.0 Å². The van der Waals surface area contributed by atoms with Gasteiger partial charge in [0, 0.05) is 30.3 Å². The van der Waals surface area contributed by atoms with Gasteiger partial charge < -0.3 is 16.2 Å². The van der Waals surface area contributed by atoms with Crippen molar-refractivity contribution in [1.29, 1.82) is 5.26 Å². The SMILES string of the molecule is CCN(Cc1cccc(F)c1C(O)c1nc2cc(-c3cccc(C#N)c3F)nc(N)n2n1)C1CCNC1=O. The van der Waals surface area contributed by atoms with E-state index < -0.39 is 17.7 Å². The molecule has 0 saturated carbocycles. The van der Waals surface area contributed by atoms with Crippen molar-refractivity contribution in [2.45, 2.75) is 32.0 Å². The Bertz CT molecular complexity index is 1580. The Morgan fingerprint density at radius 2 is 2.08 bits per heavy atom. The predicted molar refractivity (Wildman–Crippen MR) is 133 cm³/mol. The van der Waals surface area contributed by atoms with Gasteiger partial charge in [-0.25, -0.2) is 18.7 Å². The molecule has 0 radical (unpaired) electrons. The van der Waals surface area contributed by atoms with Crippen molar-refractivity contribution in [2.75, 3.05) is 18.8 Å². The fraction of sp³-hybridized carbons (Fsp3) is 0.269. The van der Waals surface area contributed by atoms with Gasteiger partial charge in [0.1, 0.15) is 23.8 Å². The normalized spacial score (nSPS) is 16.1. The number of benzene rings is 2. The summed E-state index contributed by atoms with van der Waals surface area (Å²) in [5.41, 5.74) is 6.70. The molecule has 1 aliphatic rings. The number of hydrogen-bond acceptors (Lipinski definition) is 8. The zero-order chi connectivity index (χ0) is 27.0. The third-order valence-electron chi connectivity index (χ3n) is 6.66. The van der Waals surface area contributed by atoms with E-state index in [4.69, 9.17) is 11.0 Å². The van der Waals surface area contributed by atoms with Crippen LogP contribution in [0.5, 0.6) is 0 Å². The molecule has 4 N–H and O–H groups in total. The molecule has 5 rings (SSSR count). The number of aliphatic hydroxyl groups is 1. The van der Waals surface area contributed by atoms with Gasteiger partial charge >= 0.3 is 0 Å². The molecule has 194 valence electrons. The van der Waals surface area contributed by atoms with Crippen molar-refractivity contribution in [1.82, 2.24) is 29.8 Å². The fourth-order valence-corrected chi connectivity index (χ4v) is 4.74. The van der Waals surface area contributed by atoms with Crippen LogP contribution in [-0.4, -0.2) is 54.6 Å². The first-order valence-corrected chi connectivity index (χ1v) is 12.0. The van der Waals surface area contributed by atoms with E-state index in [1.54, 1.807) is 18.2 Å². The first-order chi connectivity index (χ1) is 18.3. The van der Waals surface area contributed by atoms with Gasteiger partial charge in [-0.05, 0) is 36.7 Å². The molecular weight excluding hydrogens is 494 g/mol. The van der Waals surface area contributed by atoms with Gasteiger partial charge in [-0.1, -0.05) is 25.1 Å². The Balaban J connectivity index is 1.52. The summed E-state index contributed by atoms with van der Waals surface area (Å²) in [6.45, 7) is 3.26. The lowest BCUT2D eigenvalue weighted by molar-refractivity contribution is -0.123. The number of nitrogens with zero attached hydrogens (tertiary/aromatic N) is 6. The van der Waals surface area contributed by atoms with Crippen molar-refractivity contribution in [2.24, 2.45) is 0 Å². The highest BCUT2D eigenvalue weighted by atomic mass is 19.1. The minimum Gasteiger partial charge on any atom is -0.380 e. The standard InChI is InChI=1S/C26H24F2N8O2/c1-2-35(19-9-10-31-25(19)38)13-15-6-4-8-17(27)21(15)23(37)24-33-20-11-18(32-26(30)36(20)34-24)16-7-3-5-14(12-29)22(16)28/h3-8,11,19,23,37H,2,9-10,13H2,1H3,(H2,30,32)(H,31,38). The second-order valence-electron chi connectivity index (χ2n) is 8.89. The molecular formula is C26H24F2N8O2. The largest absolute Gasteiger partial charge is 0.380 e. The van der Waals surface area contributed by atoms with Crippen LogP contribution >= 0.6 is 0 Å². The Hall–Kier alpha value is -4.47. The highest BCUT2D eigenvalue weighted by Crippen LogP contribution is 2.30. The average molecular weight is 519 g/mol. The minimum atomic E-state index is -1.55. The molecule has 12 heteroatoms. The molecule has 1 fully saturated rings. The fourth-order valence-electron chi connectivity index (χ4n) is 4.74. The van der Waals surface area contributed by atoms with Gasteiger partial charge in [-0.15, -0.1) is 5.10 Å². The van der Waals surface area contributed by atoms with Crippen LogP contribution in [0.25, 0.3) is 16.9 Å². The van der Waals surface area contributed by atoms with Gasteiger partial charge in [0.15, 0.2) is 11.5 Å². The Kier molecular flexibility index (Phi) is 6.71. The number of halogens is 2. The maximum atomic E-state index is 15.1. The number of hydrogen-bond donors (Lipinski definition) is 3. The molecule has 2 unspecified atom stereocenters. The van der Waals surface area contributed by atoms with Crippen LogP contribution in [0.4, 0.5) is 14.7 Å². The van der Waals surface area contributed by atoms with E-state index in [-0.39, 0.29) is 58.3 Å². The molecule has 0 spiro atoms. The van der Waals surface area contributed by atoms with Crippen LogP contribution in [0.2, 0.25) is 0 Å². The van der Waals surface area contributed by atoms with Crippen molar-refractivity contribution >= 4 is 17.5 Å². The first-order valence-electron chi connectivity index (χ1n) is 12.0. The summed E-state index contributed by atoms with van der Waals surface area (Å²) in [5.74, 6) is -1.75. The smallest absolute Gasteiger partial charge is 0.237 e. The molecule has 1 saturated heterocycles. The summed E-state index contributed by atoms with van der Waals surface area (Å²) in [4.78, 5) is 22.7. The highest BCUT2D eigenvalue weighted by Gasteiger charge is 2.31. The number of anilines is 1. The van der Waals surface area contributed by atoms with Gasteiger partial charge in [0.25, 0.3) is 0 Å². The molecule has 10 nitrogen and oxygen atoms in total. The Morgan fingerprint density at radius 3 is 2.79 bits per heavy atom. The Labute approximate surface area is 216 Å². The van der Waals surface area contributed by atoms with Crippen molar-refractivity contribution in [3.05, 3.63) is 76.6 Å². The molecule has 38 heavy (non-hydrogen) atoms. The molecule has 0 bridgehead atoms. The lowest BCUT2D eigenvalue weighted by Gasteiger charge is -2.27. The number of likely N-dealkylation sites (N-methyl/N-ethyl adjacent to an activating group) is 1. The van der Waals surface area contributed by atoms with Crippen LogP contribution in [0.15, 0.2) is 42.5 Å². The molecule has 4 aromatic rings. The highest BCUT2D eigenvalue weighted by molar-refractivity contribution is 5.83. The maximum absolute atomic E-state index is 15.1. The van der Waals surface area contributed by atoms with Crippen molar-refractivity contribution < 1.29 is 18.7 Å². The summed E-state index contributed by atoms with van der Waals surface area (Å²) < 4.78 is 31.0. The first kappa shape index (κ1) is 25.2. The third kappa shape index (κ3) is 4.42. The average Bonchev–Trinajstić information content (AvgIpc) is 3.54. The number of nitrogens with two attached hydrogens (primary N) is 1. The molecule has 3 heterocycles. The zero-order valence-corrected chi connectivity index (χ0v) is 20.4. The van der Waals surface area contributed by atoms with E-state index in [2.05, 4.69) is 20.4 Å². The van der Waals surface area contributed by atoms with E-state index in [1.807, 2.05) is 11.8 Å². The lowest BCUT2D eigenvalue weighted by atomic mass is 9.99. The van der Waals surface area contributed by atoms with Crippen LogP contribution in [0, 0.1) is 23.0 Å². The number of nitriles is 1. The monoisotopic (exact) mass is 518 g/mol. The summed E-state index contributed by atoms with van der Waals surface area (Å²) in [6.07, 6.45) is -0.913. The number of fused-ring (bicyclic) bond motifs is 1. The number of aromatic nitrogens is 4. The van der Waals surface area contributed by atoms with E-state index in [9.17, 15) is 14.3 Å². The Morgan fingerprint density at radius 1 is 1.29 bits per heavy atom. The number of carbonyl (C=O) groups is 1. The van der Waals surface area contributed by atoms with Gasteiger partial charge in [0.2, 0.25) is 11.9 Å². The third-order valence-corrected chi connectivity index (χ3v) is 6.66. The summed E-state index contributed by atoms with van der Waals surface area (Å²) >= 11 is 0. The number of aliphatic hydroxyl groups excluding tert-OH is 1. The van der Waals surface area contributed by atoms with E-state index in [0.29, 0.717) is 25.1 Å². The number of rotatable bonds is 7. The van der Waals surface area contributed by atoms with Crippen molar-refractivity contribution in [3.8, 4) is 17.3 Å². The quantitative estimate of drug-likeness (QED) is 0.338. The van der Waals surface area contributed by atoms with E-state index >= 15 is 4.39 Å². The topological polar surface area (TPSA) is 145 Å². The number of nitrogens with one attached hydrogen (secondary N) is 1. The zero-order valence-electron chi connectivity index (χ0n) is 20.4. The lowest BCUT2D eigenvalue weighted by Crippen LogP contribution is -2.40. The van der Waals surface area contributed by atoms with Crippen molar-refractivity contribution in [3.63, 3.8) is 0 Å². The van der Waals surface area contributed by atoms with Crippen LogP contribution in [0.3, 0.4) is 0 Å². The van der Waals surface area contributed by atoms with Gasteiger partial charge in [0.05, 0.1) is 17.3 Å². The van der Waals surface area contributed by atoms with Crippen LogP contribution < -0.4 is 11.1 Å². The summed E-state index contributed by atoms with van der Waals surface area (Å²) in [7, 11) is 0. The van der Waals surface area contributed by atoms with Crippen LogP contribution in [-0.2, 0) is 11.3 Å². The minimum absolute atomic E-state index is 0.0141. The number of carbonyl (C=O) groups excluding carboxylic acids is 1. The molecule has 1 amide bonds. The van der Waals surface area contributed by atoms with Gasteiger partial charge in [-0.3, -0.25) is 9.69 Å². The molecule has 0 aliphatic carbocycles. The molecule has 2 aromatic carbocycles. The molecule has 2 atom stereocenters. The van der Waals surface area contributed by atoms with E-state index in [1.165, 1.54) is 30.3 Å². The number of nitrogen functional groups attached to an aromatic ring is 1. The van der Waals surface area contributed by atoms with E-state index in [0.717, 1.165) is 4.52 Å². The second-order valence-corrected chi connectivity index (χ2v) is 8.89. The van der Waals surface area contributed by atoms with Gasteiger partial charge in [-0.2, -0.15) is 9.78 Å². The number of amides is 1. The maximum Gasteiger partial charge on any atom is 0.237 e. The second kappa shape index (κ2) is 10.1. The summed E-state index contributed by atoms with van der Waals surface area (Å²) in [5, 5.41) is 27.4. The molecule has 2 aromatic heterocycles. The molecule has 1 aliphatic heterocycles. The summed E-state index contributed by atoms with van der Waals surface area (Å²) in [6, 6.07) is 11.6.